The summed E-state index contributed by atoms with van der Waals surface area (Å²) in [6.45, 7) is 6.09. The van der Waals surface area contributed by atoms with E-state index in [1.54, 1.807) is 6.92 Å². The third-order valence-corrected chi connectivity index (χ3v) is 2.41. The maximum Gasteiger partial charge on any atom is 0.307 e. The van der Waals surface area contributed by atoms with Crippen molar-refractivity contribution in [1.82, 2.24) is 4.90 Å². The van der Waals surface area contributed by atoms with Gasteiger partial charge in [0.1, 0.15) is 0 Å². The summed E-state index contributed by atoms with van der Waals surface area (Å²) in [6, 6.07) is 2.11. The van der Waals surface area contributed by atoms with Crippen LogP contribution in [0.4, 0.5) is 0 Å². The molecule has 0 aromatic heterocycles. The molecule has 0 rings (SSSR count). The maximum atomic E-state index is 10.7. The third-order valence-electron chi connectivity index (χ3n) is 2.41. The molecule has 0 aliphatic carbocycles. The van der Waals surface area contributed by atoms with Crippen molar-refractivity contribution in [3.63, 3.8) is 0 Å². The SMILES string of the molecule is CCN(CCCCC#N)CC(C)C(=O)O. The van der Waals surface area contributed by atoms with E-state index in [-0.39, 0.29) is 5.92 Å². The minimum atomic E-state index is -0.745. The molecule has 0 aliphatic rings. The number of nitrogens with zero attached hydrogens (tertiary/aromatic N) is 2. The average molecular weight is 212 g/mol. The number of hydrogen-bond donors (Lipinski definition) is 1. The van der Waals surface area contributed by atoms with Gasteiger partial charge < -0.3 is 10.0 Å². The maximum absolute atomic E-state index is 10.7. The molecule has 0 heterocycles. The predicted molar refractivity (Wildman–Crippen MR) is 58.4 cm³/mol. The highest BCUT2D eigenvalue weighted by atomic mass is 16.4. The summed E-state index contributed by atoms with van der Waals surface area (Å²) in [6.07, 6.45) is 2.45. The Hall–Kier alpha value is -1.08. The van der Waals surface area contributed by atoms with Gasteiger partial charge in [-0.25, -0.2) is 0 Å². The summed E-state index contributed by atoms with van der Waals surface area (Å²) >= 11 is 0. The quantitative estimate of drug-likeness (QED) is 0.622. The van der Waals surface area contributed by atoms with Crippen molar-refractivity contribution < 1.29 is 9.90 Å². The molecule has 0 radical (unpaired) electrons. The molecule has 1 unspecified atom stereocenters. The summed E-state index contributed by atoms with van der Waals surface area (Å²) in [7, 11) is 0. The van der Waals surface area contributed by atoms with Crippen molar-refractivity contribution in [3.8, 4) is 6.07 Å². The van der Waals surface area contributed by atoms with E-state index in [9.17, 15) is 4.79 Å². The molecule has 0 spiro atoms. The molecule has 0 amide bonds. The first kappa shape index (κ1) is 13.9. The van der Waals surface area contributed by atoms with Crippen LogP contribution in [0.2, 0.25) is 0 Å². The molecule has 0 fully saturated rings. The Morgan fingerprint density at radius 2 is 2.20 bits per heavy atom. The van der Waals surface area contributed by atoms with Gasteiger partial charge in [-0.05, 0) is 25.9 Å². The van der Waals surface area contributed by atoms with Crippen LogP contribution < -0.4 is 0 Å². The number of rotatable bonds is 8. The molecule has 0 bridgehead atoms. The Morgan fingerprint density at radius 1 is 1.53 bits per heavy atom. The van der Waals surface area contributed by atoms with Crippen LogP contribution in [0.1, 0.15) is 33.1 Å². The topological polar surface area (TPSA) is 64.3 Å². The molecule has 1 N–H and O–H groups in total. The monoisotopic (exact) mass is 212 g/mol. The number of hydrogen-bond acceptors (Lipinski definition) is 3. The lowest BCUT2D eigenvalue weighted by atomic mass is 10.1. The molecule has 15 heavy (non-hydrogen) atoms. The van der Waals surface area contributed by atoms with Crippen LogP contribution in [0, 0.1) is 17.2 Å². The van der Waals surface area contributed by atoms with E-state index in [1.807, 2.05) is 6.92 Å². The Bertz CT molecular complexity index is 223. The van der Waals surface area contributed by atoms with Crippen LogP contribution >= 0.6 is 0 Å². The standard InChI is InChI=1S/C11H20N2O2/c1-3-13(8-6-4-5-7-12)9-10(2)11(14)15/h10H,3-6,8-9H2,1-2H3,(H,14,15). The highest BCUT2D eigenvalue weighted by Crippen LogP contribution is 2.03. The second kappa shape index (κ2) is 8.25. The smallest absolute Gasteiger partial charge is 0.307 e. The van der Waals surface area contributed by atoms with Gasteiger partial charge in [-0.3, -0.25) is 4.79 Å². The molecule has 4 heteroatoms. The van der Waals surface area contributed by atoms with E-state index >= 15 is 0 Å². The normalized spacial score (nSPS) is 12.4. The van der Waals surface area contributed by atoms with Gasteiger partial charge >= 0.3 is 5.97 Å². The Morgan fingerprint density at radius 3 is 2.67 bits per heavy atom. The van der Waals surface area contributed by atoms with E-state index in [4.69, 9.17) is 10.4 Å². The van der Waals surface area contributed by atoms with Crippen LogP contribution in [-0.4, -0.2) is 35.6 Å². The average Bonchev–Trinajstić information content (AvgIpc) is 2.22. The second-order valence-electron chi connectivity index (χ2n) is 3.75. The van der Waals surface area contributed by atoms with Gasteiger partial charge in [0.2, 0.25) is 0 Å². The molecule has 0 aliphatic heterocycles. The Balaban J connectivity index is 3.73. The predicted octanol–water partition coefficient (Wildman–Crippen LogP) is 1.72. The van der Waals surface area contributed by atoms with Crippen molar-refractivity contribution in [2.45, 2.75) is 33.1 Å². The van der Waals surface area contributed by atoms with Gasteiger partial charge in [-0.15, -0.1) is 0 Å². The number of carbonyl (C=O) groups is 1. The fourth-order valence-electron chi connectivity index (χ4n) is 1.38. The molecule has 4 nitrogen and oxygen atoms in total. The van der Waals surface area contributed by atoms with Crippen LogP contribution in [0.15, 0.2) is 0 Å². The molecule has 86 valence electrons. The molecule has 0 aromatic carbocycles. The largest absolute Gasteiger partial charge is 0.481 e. The van der Waals surface area contributed by atoms with Crippen LogP contribution in [0.5, 0.6) is 0 Å². The van der Waals surface area contributed by atoms with Crippen molar-refractivity contribution in [2.75, 3.05) is 19.6 Å². The molecule has 1 atom stereocenters. The van der Waals surface area contributed by atoms with E-state index in [1.165, 1.54) is 0 Å². The molecule has 0 saturated heterocycles. The third kappa shape index (κ3) is 6.92. The second-order valence-corrected chi connectivity index (χ2v) is 3.75. The van der Waals surface area contributed by atoms with Crippen molar-refractivity contribution in [2.24, 2.45) is 5.92 Å². The summed E-state index contributed by atoms with van der Waals surface area (Å²) in [5.74, 6) is -1.06. The summed E-state index contributed by atoms with van der Waals surface area (Å²) in [5, 5.41) is 17.1. The lowest BCUT2D eigenvalue weighted by Crippen LogP contribution is -2.32. The number of unbranched alkanes of at least 4 members (excludes halogenated alkanes) is 2. The van der Waals surface area contributed by atoms with Gasteiger partial charge in [-0.2, -0.15) is 5.26 Å². The fraction of sp³-hybridized carbons (Fsp3) is 0.818. The summed E-state index contributed by atoms with van der Waals surface area (Å²) in [5.41, 5.74) is 0. The van der Waals surface area contributed by atoms with E-state index in [0.717, 1.165) is 25.9 Å². The molecule has 0 saturated carbocycles. The van der Waals surface area contributed by atoms with Gasteiger partial charge in [-0.1, -0.05) is 13.8 Å². The first-order valence-corrected chi connectivity index (χ1v) is 5.43. The minimum Gasteiger partial charge on any atom is -0.481 e. The van der Waals surface area contributed by atoms with Gasteiger partial charge in [0.25, 0.3) is 0 Å². The van der Waals surface area contributed by atoms with Crippen molar-refractivity contribution in [3.05, 3.63) is 0 Å². The van der Waals surface area contributed by atoms with E-state index < -0.39 is 5.97 Å². The molecule has 0 aromatic rings. The summed E-state index contributed by atoms with van der Waals surface area (Å²) < 4.78 is 0. The fourth-order valence-corrected chi connectivity index (χ4v) is 1.38. The Labute approximate surface area is 91.5 Å². The van der Waals surface area contributed by atoms with E-state index in [0.29, 0.717) is 13.0 Å². The number of carboxylic acid groups (broad SMARTS) is 1. The molecular formula is C11H20N2O2. The van der Waals surface area contributed by atoms with Crippen LogP contribution in [-0.2, 0) is 4.79 Å². The summed E-state index contributed by atoms with van der Waals surface area (Å²) in [4.78, 5) is 12.8. The Kier molecular flexibility index (Phi) is 7.65. The van der Waals surface area contributed by atoms with Crippen molar-refractivity contribution in [1.29, 1.82) is 5.26 Å². The highest BCUT2D eigenvalue weighted by molar-refractivity contribution is 5.69. The van der Waals surface area contributed by atoms with Crippen LogP contribution in [0.3, 0.4) is 0 Å². The van der Waals surface area contributed by atoms with Crippen molar-refractivity contribution >= 4 is 5.97 Å². The lowest BCUT2D eigenvalue weighted by Gasteiger charge is -2.22. The van der Waals surface area contributed by atoms with Gasteiger partial charge in [0, 0.05) is 13.0 Å². The zero-order chi connectivity index (χ0) is 11.7. The number of aliphatic carboxylic acids is 1. The first-order chi connectivity index (χ1) is 7.11. The molecular weight excluding hydrogens is 192 g/mol. The first-order valence-electron chi connectivity index (χ1n) is 5.43. The lowest BCUT2D eigenvalue weighted by molar-refractivity contribution is -0.141. The van der Waals surface area contributed by atoms with Crippen LogP contribution in [0.25, 0.3) is 0 Å². The zero-order valence-corrected chi connectivity index (χ0v) is 9.57. The zero-order valence-electron chi connectivity index (χ0n) is 9.57. The minimum absolute atomic E-state index is 0.319. The number of nitriles is 1. The number of carboxylic acids is 1. The van der Waals surface area contributed by atoms with Gasteiger partial charge in [0.05, 0.1) is 12.0 Å². The highest BCUT2D eigenvalue weighted by Gasteiger charge is 2.14. The van der Waals surface area contributed by atoms with Gasteiger partial charge in [0.15, 0.2) is 0 Å². The van der Waals surface area contributed by atoms with E-state index in [2.05, 4.69) is 11.0 Å².